The first kappa shape index (κ1) is 22.4. The molecule has 1 atom stereocenters. The molecule has 0 heterocycles. The summed E-state index contributed by atoms with van der Waals surface area (Å²) in [5.41, 5.74) is 1.79. The van der Waals surface area contributed by atoms with E-state index in [2.05, 4.69) is 31.4 Å². The number of rotatable bonds is 6. The van der Waals surface area contributed by atoms with Crippen LogP contribution in [0.4, 0.5) is 10.1 Å². The highest BCUT2D eigenvalue weighted by atomic mass is 19.1. The fourth-order valence-electron chi connectivity index (χ4n) is 2.84. The molecule has 0 spiro atoms. The number of benzene rings is 2. The highest BCUT2D eigenvalue weighted by Gasteiger charge is 2.26. The molecule has 0 aliphatic carbocycles. The molecule has 6 heteroatoms. The van der Waals surface area contributed by atoms with Crippen LogP contribution < -0.4 is 15.4 Å². The maximum atomic E-state index is 13.1. The zero-order valence-corrected chi connectivity index (χ0v) is 17.8. The lowest BCUT2D eigenvalue weighted by Gasteiger charge is -2.24. The molecule has 2 amide bonds. The van der Waals surface area contributed by atoms with Gasteiger partial charge in [-0.2, -0.15) is 0 Å². The van der Waals surface area contributed by atoms with Gasteiger partial charge in [-0.05, 0) is 53.3 Å². The van der Waals surface area contributed by atoms with Gasteiger partial charge in [0.1, 0.15) is 17.6 Å². The molecule has 2 aromatic rings. The monoisotopic (exact) mass is 400 g/mol. The fraction of sp³-hybridized carbons (Fsp3) is 0.391. The highest BCUT2D eigenvalue weighted by molar-refractivity contribution is 6.01. The molecule has 0 fully saturated rings. The topological polar surface area (TPSA) is 67.4 Å². The molecule has 156 valence electrons. The number of hydrogen-bond acceptors (Lipinski definition) is 3. The molecule has 0 bridgehead atoms. The molecule has 0 unspecified atom stereocenters. The van der Waals surface area contributed by atoms with Crippen molar-refractivity contribution in [2.24, 2.45) is 5.92 Å². The number of hydrogen-bond donors (Lipinski definition) is 2. The molecular formula is C23H29FN2O3. The molecule has 29 heavy (non-hydrogen) atoms. The van der Waals surface area contributed by atoms with E-state index in [9.17, 15) is 14.0 Å². The number of methoxy groups -OCH3 is 1. The zero-order chi connectivity index (χ0) is 21.8. The smallest absolute Gasteiger partial charge is 0.251 e. The summed E-state index contributed by atoms with van der Waals surface area (Å²) >= 11 is 0. The molecule has 2 aromatic carbocycles. The Kier molecular flexibility index (Phi) is 7.01. The molecule has 0 radical (unpaired) electrons. The Labute approximate surface area is 171 Å². The van der Waals surface area contributed by atoms with E-state index in [0.717, 1.165) is 5.56 Å². The van der Waals surface area contributed by atoms with Gasteiger partial charge in [0.05, 0.1) is 12.8 Å². The standard InChI is InChI=1S/C23H29FN2O3/c1-14(2)20(26-21(27)15-7-10-17(24)11-8-15)22(28)25-18-13-16(23(3,4)5)9-12-19(18)29-6/h7-14,20H,1-6H3,(H,25,28)(H,26,27)/t20-/m0/s1. The second-order valence-corrected chi connectivity index (χ2v) is 8.36. The molecule has 2 N–H and O–H groups in total. The van der Waals surface area contributed by atoms with Crippen molar-refractivity contribution in [3.8, 4) is 5.75 Å². The number of carbonyl (C=O) groups is 2. The number of halogens is 1. The first-order chi connectivity index (χ1) is 13.5. The number of anilines is 1. The van der Waals surface area contributed by atoms with E-state index >= 15 is 0 Å². The van der Waals surface area contributed by atoms with Crippen LogP contribution in [-0.2, 0) is 10.2 Å². The van der Waals surface area contributed by atoms with Crippen molar-refractivity contribution in [2.45, 2.75) is 46.1 Å². The van der Waals surface area contributed by atoms with Crippen LogP contribution in [0.1, 0.15) is 50.5 Å². The first-order valence-electron chi connectivity index (χ1n) is 9.58. The fourth-order valence-corrected chi connectivity index (χ4v) is 2.84. The van der Waals surface area contributed by atoms with Gasteiger partial charge >= 0.3 is 0 Å². The predicted molar refractivity (Wildman–Crippen MR) is 113 cm³/mol. The molecule has 0 aliphatic heterocycles. The maximum Gasteiger partial charge on any atom is 0.251 e. The maximum absolute atomic E-state index is 13.1. The van der Waals surface area contributed by atoms with Gasteiger partial charge in [0.25, 0.3) is 5.91 Å². The van der Waals surface area contributed by atoms with Crippen molar-refractivity contribution in [3.05, 3.63) is 59.4 Å². The largest absolute Gasteiger partial charge is 0.495 e. The third-order valence-corrected chi connectivity index (χ3v) is 4.67. The third kappa shape index (κ3) is 5.79. The summed E-state index contributed by atoms with van der Waals surface area (Å²) < 4.78 is 18.5. The lowest BCUT2D eigenvalue weighted by Crippen LogP contribution is -2.47. The summed E-state index contributed by atoms with van der Waals surface area (Å²) in [4.78, 5) is 25.5. The molecule has 0 saturated carbocycles. The van der Waals surface area contributed by atoms with Crippen molar-refractivity contribution in [3.63, 3.8) is 0 Å². The number of amides is 2. The van der Waals surface area contributed by atoms with Gasteiger partial charge in [-0.3, -0.25) is 9.59 Å². The molecule has 5 nitrogen and oxygen atoms in total. The van der Waals surface area contributed by atoms with Gasteiger partial charge in [-0.15, -0.1) is 0 Å². The van der Waals surface area contributed by atoms with Crippen LogP contribution in [0, 0.1) is 11.7 Å². The van der Waals surface area contributed by atoms with Crippen LogP contribution in [0.5, 0.6) is 5.75 Å². The van der Waals surface area contributed by atoms with Crippen molar-refractivity contribution < 1.29 is 18.7 Å². The Morgan fingerprint density at radius 3 is 2.17 bits per heavy atom. The Morgan fingerprint density at radius 1 is 1.03 bits per heavy atom. The zero-order valence-electron chi connectivity index (χ0n) is 17.8. The van der Waals surface area contributed by atoms with E-state index in [1.54, 1.807) is 0 Å². The van der Waals surface area contributed by atoms with Crippen molar-refractivity contribution in [2.75, 3.05) is 12.4 Å². The van der Waals surface area contributed by atoms with Gasteiger partial charge < -0.3 is 15.4 Å². The summed E-state index contributed by atoms with van der Waals surface area (Å²) in [6.45, 7) is 9.94. The van der Waals surface area contributed by atoms with Crippen molar-refractivity contribution >= 4 is 17.5 Å². The van der Waals surface area contributed by atoms with Crippen LogP contribution in [0.15, 0.2) is 42.5 Å². The lowest BCUT2D eigenvalue weighted by molar-refractivity contribution is -0.118. The van der Waals surface area contributed by atoms with Crippen molar-refractivity contribution in [1.29, 1.82) is 0 Å². The predicted octanol–water partition coefficient (Wildman–Crippen LogP) is 4.52. The van der Waals surface area contributed by atoms with E-state index in [1.165, 1.54) is 31.4 Å². The van der Waals surface area contributed by atoms with E-state index in [-0.39, 0.29) is 22.8 Å². The number of ether oxygens (including phenoxy) is 1. The van der Waals surface area contributed by atoms with Gasteiger partial charge in [0.15, 0.2) is 0 Å². The number of nitrogens with one attached hydrogen (secondary N) is 2. The summed E-state index contributed by atoms with van der Waals surface area (Å²) in [7, 11) is 1.54. The Morgan fingerprint density at radius 2 is 1.66 bits per heavy atom. The van der Waals surface area contributed by atoms with Crippen LogP contribution in [0.2, 0.25) is 0 Å². The Hall–Kier alpha value is -2.89. The van der Waals surface area contributed by atoms with E-state index in [4.69, 9.17) is 4.74 Å². The first-order valence-corrected chi connectivity index (χ1v) is 9.58. The van der Waals surface area contributed by atoms with Crippen LogP contribution in [0.25, 0.3) is 0 Å². The van der Waals surface area contributed by atoms with Gasteiger partial charge in [-0.1, -0.05) is 40.7 Å². The lowest BCUT2D eigenvalue weighted by atomic mass is 9.86. The second-order valence-electron chi connectivity index (χ2n) is 8.36. The van der Waals surface area contributed by atoms with Gasteiger partial charge in [-0.25, -0.2) is 4.39 Å². The Bertz CT molecular complexity index is 871. The van der Waals surface area contributed by atoms with Gasteiger partial charge in [0, 0.05) is 5.56 Å². The minimum absolute atomic E-state index is 0.0972. The summed E-state index contributed by atoms with van der Waals surface area (Å²) in [6.07, 6.45) is 0. The molecule has 0 aliphatic rings. The average molecular weight is 400 g/mol. The summed E-state index contributed by atoms with van der Waals surface area (Å²) in [5.74, 6) is -0.825. The second kappa shape index (κ2) is 9.07. The van der Waals surface area contributed by atoms with Crippen molar-refractivity contribution in [1.82, 2.24) is 5.32 Å². The van der Waals surface area contributed by atoms with Crippen LogP contribution >= 0.6 is 0 Å². The van der Waals surface area contributed by atoms with Crippen LogP contribution in [-0.4, -0.2) is 25.0 Å². The molecular weight excluding hydrogens is 371 g/mol. The molecule has 0 saturated heterocycles. The van der Waals surface area contributed by atoms with Gasteiger partial charge in [0.2, 0.25) is 5.91 Å². The quantitative estimate of drug-likeness (QED) is 0.749. The minimum atomic E-state index is -0.768. The van der Waals surface area contributed by atoms with E-state index in [0.29, 0.717) is 11.4 Å². The molecule has 2 rings (SSSR count). The summed E-state index contributed by atoms with van der Waals surface area (Å²) in [6, 6.07) is 10.1. The normalized spacial score (nSPS) is 12.4. The van der Waals surface area contributed by atoms with Crippen LogP contribution in [0.3, 0.4) is 0 Å². The average Bonchev–Trinajstić information content (AvgIpc) is 2.65. The third-order valence-electron chi connectivity index (χ3n) is 4.67. The SMILES string of the molecule is COc1ccc(C(C)(C)C)cc1NC(=O)[C@@H](NC(=O)c1ccc(F)cc1)C(C)C. The minimum Gasteiger partial charge on any atom is -0.495 e. The summed E-state index contributed by atoms with van der Waals surface area (Å²) in [5, 5.41) is 5.62. The highest BCUT2D eigenvalue weighted by Crippen LogP contribution is 2.31. The van der Waals surface area contributed by atoms with E-state index in [1.807, 2.05) is 32.0 Å². The number of carbonyl (C=O) groups excluding carboxylic acids is 2. The Balaban J connectivity index is 2.23. The van der Waals surface area contributed by atoms with E-state index < -0.39 is 17.8 Å². The molecule has 0 aromatic heterocycles.